The largest absolute Gasteiger partial charge is 0.330 e. The Hall–Kier alpha value is -2.08. The van der Waals surface area contributed by atoms with Crippen LogP contribution >= 0.6 is 23.2 Å². The number of fused-ring (bicyclic) bond motifs is 1. The predicted octanol–water partition coefficient (Wildman–Crippen LogP) is 4.33. The lowest BCUT2D eigenvalue weighted by atomic mass is 9.93. The van der Waals surface area contributed by atoms with Gasteiger partial charge in [0.1, 0.15) is 0 Å². The number of aromatic nitrogens is 2. The molecule has 0 radical (unpaired) electrons. The highest BCUT2D eigenvalue weighted by Crippen LogP contribution is 2.30. The third-order valence-electron chi connectivity index (χ3n) is 4.07. The average molecular weight is 377 g/mol. The number of rotatable bonds is 6. The van der Waals surface area contributed by atoms with Crippen LogP contribution in [-0.4, -0.2) is 22.6 Å². The second kappa shape index (κ2) is 7.87. The van der Waals surface area contributed by atoms with E-state index in [-0.39, 0.29) is 11.8 Å². The molecule has 7 heteroatoms. The second-order valence-electron chi connectivity index (χ2n) is 5.82. The zero-order valence-corrected chi connectivity index (χ0v) is 14.9. The number of H-pyrrole nitrogens is 1. The summed E-state index contributed by atoms with van der Waals surface area (Å²) in [5, 5.41) is 11.7. The number of hydrogen-bond acceptors (Lipinski definition) is 3. The van der Waals surface area contributed by atoms with Crippen molar-refractivity contribution in [2.75, 3.05) is 11.9 Å². The standard InChI is InChI=1S/C18H18Cl2N4O/c19-15-5-3-11(9-16(15)20)14(2-1-7-21)18(25)23-13-4-6-17-12(8-13)10-22-24-17/h3-6,8-10,14H,1-2,7,21H2,(H,22,24)(H,23,25). The first-order chi connectivity index (χ1) is 12.1. The van der Waals surface area contributed by atoms with Crippen molar-refractivity contribution >= 4 is 45.7 Å². The summed E-state index contributed by atoms with van der Waals surface area (Å²) in [6.07, 6.45) is 3.09. The van der Waals surface area contributed by atoms with E-state index in [0.29, 0.717) is 23.0 Å². The van der Waals surface area contributed by atoms with Crippen LogP contribution in [0.2, 0.25) is 10.0 Å². The Labute approximate surface area is 155 Å². The van der Waals surface area contributed by atoms with Gasteiger partial charge in [-0.2, -0.15) is 5.10 Å². The SMILES string of the molecule is NCCCC(C(=O)Nc1ccc2[nH]ncc2c1)c1ccc(Cl)c(Cl)c1. The molecule has 0 aliphatic rings. The highest BCUT2D eigenvalue weighted by molar-refractivity contribution is 6.42. The van der Waals surface area contributed by atoms with E-state index in [2.05, 4.69) is 15.5 Å². The van der Waals surface area contributed by atoms with E-state index in [1.54, 1.807) is 18.3 Å². The second-order valence-corrected chi connectivity index (χ2v) is 6.63. The first kappa shape index (κ1) is 17.7. The van der Waals surface area contributed by atoms with Crippen molar-refractivity contribution < 1.29 is 4.79 Å². The molecular formula is C18H18Cl2N4O. The topological polar surface area (TPSA) is 83.8 Å². The molecule has 0 spiro atoms. The van der Waals surface area contributed by atoms with Gasteiger partial charge < -0.3 is 11.1 Å². The monoisotopic (exact) mass is 376 g/mol. The Morgan fingerprint density at radius 3 is 2.80 bits per heavy atom. The first-order valence-corrected chi connectivity index (χ1v) is 8.73. The zero-order chi connectivity index (χ0) is 17.8. The molecule has 0 bridgehead atoms. The van der Waals surface area contributed by atoms with E-state index in [9.17, 15) is 4.79 Å². The fourth-order valence-electron chi connectivity index (χ4n) is 2.75. The van der Waals surface area contributed by atoms with Crippen LogP contribution in [0.25, 0.3) is 10.9 Å². The highest BCUT2D eigenvalue weighted by atomic mass is 35.5. The molecule has 130 valence electrons. The normalized spacial score (nSPS) is 12.3. The van der Waals surface area contributed by atoms with Gasteiger partial charge in [-0.25, -0.2) is 0 Å². The van der Waals surface area contributed by atoms with Gasteiger partial charge in [-0.15, -0.1) is 0 Å². The number of nitrogens with zero attached hydrogens (tertiary/aromatic N) is 1. The maximum atomic E-state index is 12.8. The molecular weight excluding hydrogens is 359 g/mol. The van der Waals surface area contributed by atoms with Crippen LogP contribution in [-0.2, 0) is 4.79 Å². The zero-order valence-electron chi connectivity index (χ0n) is 13.4. The minimum atomic E-state index is -0.349. The van der Waals surface area contributed by atoms with Gasteiger partial charge >= 0.3 is 0 Å². The Balaban J connectivity index is 1.83. The van der Waals surface area contributed by atoms with Gasteiger partial charge in [0.15, 0.2) is 0 Å². The molecule has 0 saturated heterocycles. The van der Waals surface area contributed by atoms with Gasteiger partial charge in [0.2, 0.25) is 5.91 Å². The fourth-order valence-corrected chi connectivity index (χ4v) is 3.06. The minimum Gasteiger partial charge on any atom is -0.330 e. The third kappa shape index (κ3) is 4.12. The minimum absolute atomic E-state index is 0.102. The van der Waals surface area contributed by atoms with Crippen LogP contribution in [0, 0.1) is 0 Å². The van der Waals surface area contributed by atoms with Crippen LogP contribution < -0.4 is 11.1 Å². The summed E-state index contributed by atoms with van der Waals surface area (Å²) in [5.74, 6) is -0.451. The number of benzene rings is 2. The third-order valence-corrected chi connectivity index (χ3v) is 4.81. The van der Waals surface area contributed by atoms with Gasteiger partial charge in [0.25, 0.3) is 0 Å². The van der Waals surface area contributed by atoms with E-state index >= 15 is 0 Å². The van der Waals surface area contributed by atoms with Crippen LogP contribution in [0.4, 0.5) is 5.69 Å². The highest BCUT2D eigenvalue weighted by Gasteiger charge is 2.21. The summed E-state index contributed by atoms with van der Waals surface area (Å²) in [5.41, 5.74) is 8.08. The molecule has 1 atom stereocenters. The first-order valence-electron chi connectivity index (χ1n) is 7.97. The summed E-state index contributed by atoms with van der Waals surface area (Å²) in [4.78, 5) is 12.8. The van der Waals surface area contributed by atoms with Crippen LogP contribution in [0.15, 0.2) is 42.6 Å². The fraction of sp³-hybridized carbons (Fsp3) is 0.222. The number of aromatic amines is 1. The summed E-state index contributed by atoms with van der Waals surface area (Å²) < 4.78 is 0. The number of carbonyl (C=O) groups is 1. The number of hydrogen-bond donors (Lipinski definition) is 3. The number of nitrogens with one attached hydrogen (secondary N) is 2. The van der Waals surface area contributed by atoms with Crippen molar-refractivity contribution in [1.29, 1.82) is 0 Å². The molecule has 2 aromatic carbocycles. The lowest BCUT2D eigenvalue weighted by molar-refractivity contribution is -0.117. The molecule has 1 amide bonds. The Kier molecular flexibility index (Phi) is 5.58. The molecule has 3 rings (SSSR count). The summed E-state index contributed by atoms with van der Waals surface area (Å²) in [6.45, 7) is 0.520. The molecule has 0 aliphatic carbocycles. The van der Waals surface area contributed by atoms with E-state index in [4.69, 9.17) is 28.9 Å². The van der Waals surface area contributed by atoms with E-state index < -0.39 is 0 Å². The summed E-state index contributed by atoms with van der Waals surface area (Å²) in [7, 11) is 0. The van der Waals surface area contributed by atoms with Crippen molar-refractivity contribution in [2.45, 2.75) is 18.8 Å². The van der Waals surface area contributed by atoms with E-state index in [1.165, 1.54) is 0 Å². The Bertz CT molecular complexity index is 894. The van der Waals surface area contributed by atoms with Gasteiger partial charge in [0, 0.05) is 11.1 Å². The molecule has 1 unspecified atom stereocenters. The van der Waals surface area contributed by atoms with Crippen molar-refractivity contribution in [3.05, 3.63) is 58.2 Å². The molecule has 1 heterocycles. The van der Waals surface area contributed by atoms with Crippen molar-refractivity contribution in [3.8, 4) is 0 Å². The molecule has 3 aromatic rings. The van der Waals surface area contributed by atoms with Crippen LogP contribution in [0.1, 0.15) is 24.3 Å². The smallest absolute Gasteiger partial charge is 0.231 e. The molecule has 5 nitrogen and oxygen atoms in total. The van der Waals surface area contributed by atoms with E-state index in [0.717, 1.165) is 28.6 Å². The Morgan fingerprint density at radius 2 is 2.04 bits per heavy atom. The van der Waals surface area contributed by atoms with Crippen LogP contribution in [0.3, 0.4) is 0 Å². The molecule has 25 heavy (non-hydrogen) atoms. The maximum absolute atomic E-state index is 12.8. The number of nitrogens with two attached hydrogens (primary N) is 1. The lowest BCUT2D eigenvalue weighted by Crippen LogP contribution is -2.22. The Morgan fingerprint density at radius 1 is 1.20 bits per heavy atom. The molecule has 1 aromatic heterocycles. The lowest BCUT2D eigenvalue weighted by Gasteiger charge is -2.18. The maximum Gasteiger partial charge on any atom is 0.231 e. The van der Waals surface area contributed by atoms with Gasteiger partial charge in [-0.05, 0) is 55.3 Å². The van der Waals surface area contributed by atoms with Crippen molar-refractivity contribution in [1.82, 2.24) is 10.2 Å². The molecule has 4 N–H and O–H groups in total. The van der Waals surface area contributed by atoms with E-state index in [1.807, 2.05) is 24.3 Å². The summed E-state index contributed by atoms with van der Waals surface area (Å²) in [6, 6.07) is 10.9. The average Bonchev–Trinajstić information content (AvgIpc) is 3.06. The predicted molar refractivity (Wildman–Crippen MR) is 102 cm³/mol. The van der Waals surface area contributed by atoms with Crippen LogP contribution in [0.5, 0.6) is 0 Å². The number of halogens is 2. The number of amides is 1. The van der Waals surface area contributed by atoms with Gasteiger partial charge in [0.05, 0.1) is 27.7 Å². The molecule has 0 fully saturated rings. The van der Waals surface area contributed by atoms with Crippen molar-refractivity contribution in [2.24, 2.45) is 5.73 Å². The quantitative estimate of drug-likeness (QED) is 0.598. The number of carbonyl (C=O) groups excluding carboxylic acids is 1. The number of anilines is 1. The molecule has 0 saturated carbocycles. The van der Waals surface area contributed by atoms with Gasteiger partial charge in [-0.1, -0.05) is 29.3 Å². The summed E-state index contributed by atoms with van der Waals surface area (Å²) >= 11 is 12.1. The molecule has 0 aliphatic heterocycles. The van der Waals surface area contributed by atoms with Gasteiger partial charge in [-0.3, -0.25) is 9.89 Å². The van der Waals surface area contributed by atoms with Crippen molar-refractivity contribution in [3.63, 3.8) is 0 Å².